The molecule has 0 atom stereocenters. The van der Waals surface area contributed by atoms with Crippen molar-refractivity contribution in [2.24, 2.45) is 0 Å². The van der Waals surface area contributed by atoms with Crippen LogP contribution in [0.2, 0.25) is 0 Å². The maximum absolute atomic E-state index is 12.1. The molecule has 0 fully saturated rings. The summed E-state index contributed by atoms with van der Waals surface area (Å²) in [5.74, 6) is -0.915. The number of hydrogen-bond donors (Lipinski definition) is 4. The monoisotopic (exact) mass is 361 g/mol. The Bertz CT molecular complexity index is 944. The zero-order valence-electron chi connectivity index (χ0n) is 14.6. The molecule has 0 aromatic heterocycles. The lowest BCUT2D eigenvalue weighted by Crippen LogP contribution is -2.32. The maximum atomic E-state index is 12.1. The first kappa shape index (κ1) is 19.4. The molecule has 136 valence electrons. The minimum absolute atomic E-state index is 0.164. The van der Waals surface area contributed by atoms with Crippen molar-refractivity contribution in [3.63, 3.8) is 0 Å². The summed E-state index contributed by atoms with van der Waals surface area (Å²) >= 11 is 0. The summed E-state index contributed by atoms with van der Waals surface area (Å²) in [5.41, 5.74) is 8.38. The molecular formula is C20H19N5O2. The minimum atomic E-state index is -0.596. The second-order valence-electron chi connectivity index (χ2n) is 5.62. The number of rotatable bonds is 7. The van der Waals surface area contributed by atoms with Crippen LogP contribution < -0.4 is 16.4 Å². The van der Waals surface area contributed by atoms with E-state index in [9.17, 15) is 9.59 Å². The second kappa shape index (κ2) is 8.97. The van der Waals surface area contributed by atoms with Gasteiger partial charge in [0.05, 0.1) is 12.5 Å². The maximum Gasteiger partial charge on any atom is 0.269 e. The average Bonchev–Trinajstić information content (AvgIpc) is 2.68. The van der Waals surface area contributed by atoms with Gasteiger partial charge in [-0.3, -0.25) is 15.0 Å². The highest BCUT2D eigenvalue weighted by Gasteiger charge is 2.15. The van der Waals surface area contributed by atoms with E-state index in [4.69, 9.17) is 16.4 Å². The lowest BCUT2D eigenvalue weighted by atomic mass is 9.98. The number of hydrogen-bond acceptors (Lipinski definition) is 5. The van der Waals surface area contributed by atoms with Crippen LogP contribution in [0.15, 0.2) is 55.1 Å². The van der Waals surface area contributed by atoms with E-state index in [-0.39, 0.29) is 24.6 Å². The molecule has 7 heteroatoms. The Morgan fingerprint density at radius 1 is 1.22 bits per heavy atom. The zero-order valence-corrected chi connectivity index (χ0v) is 14.6. The third-order valence-electron chi connectivity index (χ3n) is 3.72. The van der Waals surface area contributed by atoms with Gasteiger partial charge in [0.1, 0.15) is 5.71 Å². The van der Waals surface area contributed by atoms with Crippen molar-refractivity contribution in [2.45, 2.75) is 6.42 Å². The van der Waals surface area contributed by atoms with E-state index in [1.807, 2.05) is 12.1 Å². The molecule has 2 aromatic carbocycles. The average molecular weight is 361 g/mol. The van der Waals surface area contributed by atoms with Gasteiger partial charge in [0.25, 0.3) is 5.91 Å². The molecule has 5 N–H and O–H groups in total. The number of nitrogens with two attached hydrogens (primary N) is 1. The molecule has 2 aromatic rings. The number of nitrogens with one attached hydrogen (secondary N) is 3. The van der Waals surface area contributed by atoms with Gasteiger partial charge in [0, 0.05) is 23.5 Å². The molecule has 0 heterocycles. The molecule has 2 rings (SSSR count). The van der Waals surface area contributed by atoms with Crippen molar-refractivity contribution in [2.75, 3.05) is 17.6 Å². The Kier molecular flexibility index (Phi) is 6.44. The quantitative estimate of drug-likeness (QED) is 0.261. The fourth-order valence-corrected chi connectivity index (χ4v) is 2.36. The van der Waals surface area contributed by atoms with Gasteiger partial charge in [-0.1, -0.05) is 24.8 Å². The summed E-state index contributed by atoms with van der Waals surface area (Å²) in [7, 11) is 0. The largest absolute Gasteiger partial charge is 0.398 e. The van der Waals surface area contributed by atoms with E-state index in [0.29, 0.717) is 16.9 Å². The molecule has 0 aliphatic heterocycles. The van der Waals surface area contributed by atoms with Crippen LogP contribution in [0.5, 0.6) is 0 Å². The van der Waals surface area contributed by atoms with E-state index in [0.717, 1.165) is 11.1 Å². The third kappa shape index (κ3) is 5.03. The molecule has 27 heavy (non-hydrogen) atoms. The number of nitriles is 1. The number of nitrogen functional groups attached to an aromatic ring is 1. The molecule has 0 radical (unpaired) electrons. The van der Waals surface area contributed by atoms with Gasteiger partial charge < -0.3 is 16.4 Å². The fraction of sp³-hybridized carbons (Fsp3) is 0.100. The standard InChI is InChI=1S/C20H19N5O2/c1-2-18(26)25-15-6-3-5-13(11-15)14-7-8-17(22)16(12-14)19(23)20(27)24-10-4-9-21/h2-3,5-8,11-12,23H,1,4,10,22H2,(H,24,27)(H,25,26). The fourth-order valence-electron chi connectivity index (χ4n) is 2.36. The van der Waals surface area contributed by atoms with Crippen LogP contribution in [0.1, 0.15) is 12.0 Å². The molecule has 0 saturated heterocycles. The molecule has 0 aliphatic carbocycles. The Labute approximate surface area is 157 Å². The van der Waals surface area contributed by atoms with E-state index in [1.54, 1.807) is 36.4 Å². The van der Waals surface area contributed by atoms with Gasteiger partial charge in [-0.25, -0.2) is 0 Å². The molecule has 0 bridgehead atoms. The van der Waals surface area contributed by atoms with Gasteiger partial charge in [-0.15, -0.1) is 0 Å². The van der Waals surface area contributed by atoms with Crippen molar-refractivity contribution in [3.8, 4) is 17.2 Å². The van der Waals surface area contributed by atoms with E-state index in [2.05, 4.69) is 17.2 Å². The Morgan fingerprint density at radius 2 is 1.96 bits per heavy atom. The van der Waals surface area contributed by atoms with Crippen LogP contribution in [0.25, 0.3) is 11.1 Å². The first-order valence-corrected chi connectivity index (χ1v) is 8.13. The zero-order chi connectivity index (χ0) is 19.8. The van der Waals surface area contributed by atoms with E-state index < -0.39 is 5.91 Å². The highest BCUT2D eigenvalue weighted by molar-refractivity contribution is 6.45. The second-order valence-corrected chi connectivity index (χ2v) is 5.62. The van der Waals surface area contributed by atoms with Crippen LogP contribution in [0.3, 0.4) is 0 Å². The number of carbonyl (C=O) groups is 2. The van der Waals surface area contributed by atoms with Crippen LogP contribution in [-0.4, -0.2) is 24.1 Å². The molecule has 0 saturated carbocycles. The minimum Gasteiger partial charge on any atom is -0.398 e. The topological polar surface area (TPSA) is 132 Å². The van der Waals surface area contributed by atoms with Crippen molar-refractivity contribution < 1.29 is 9.59 Å². The predicted octanol–water partition coefficient (Wildman–Crippen LogP) is 2.46. The Balaban J connectivity index is 2.29. The third-order valence-corrected chi connectivity index (χ3v) is 3.72. The number of nitrogens with zero attached hydrogens (tertiary/aromatic N) is 1. The summed E-state index contributed by atoms with van der Waals surface area (Å²) in [4.78, 5) is 23.5. The molecule has 7 nitrogen and oxygen atoms in total. The molecule has 0 aliphatic rings. The Hall–Kier alpha value is -3.92. The van der Waals surface area contributed by atoms with Crippen molar-refractivity contribution in [1.29, 1.82) is 10.7 Å². The van der Waals surface area contributed by atoms with Crippen LogP contribution >= 0.6 is 0 Å². The van der Waals surface area contributed by atoms with Crippen molar-refractivity contribution in [3.05, 3.63) is 60.7 Å². The van der Waals surface area contributed by atoms with Gasteiger partial charge in [0.2, 0.25) is 5.91 Å². The SMILES string of the molecule is C=CC(=O)Nc1cccc(-c2ccc(N)c(C(=N)C(=O)NCCC#N)c2)c1. The molecular weight excluding hydrogens is 342 g/mol. The first-order valence-electron chi connectivity index (χ1n) is 8.13. The summed E-state index contributed by atoms with van der Waals surface area (Å²) in [5, 5.41) is 21.8. The van der Waals surface area contributed by atoms with Crippen LogP contribution in [-0.2, 0) is 9.59 Å². The summed E-state index contributed by atoms with van der Waals surface area (Å²) < 4.78 is 0. The summed E-state index contributed by atoms with van der Waals surface area (Å²) in [6.45, 7) is 3.59. The van der Waals surface area contributed by atoms with Gasteiger partial charge in [0.15, 0.2) is 0 Å². The van der Waals surface area contributed by atoms with Crippen molar-refractivity contribution >= 4 is 28.9 Å². The molecule has 0 unspecified atom stereocenters. The molecule has 0 spiro atoms. The van der Waals surface area contributed by atoms with Crippen LogP contribution in [0, 0.1) is 16.7 Å². The molecule has 2 amide bonds. The Morgan fingerprint density at radius 3 is 2.67 bits per heavy atom. The van der Waals surface area contributed by atoms with Crippen molar-refractivity contribution in [1.82, 2.24) is 5.32 Å². The highest BCUT2D eigenvalue weighted by Crippen LogP contribution is 2.26. The first-order chi connectivity index (χ1) is 13.0. The lowest BCUT2D eigenvalue weighted by Gasteiger charge is -2.11. The number of benzene rings is 2. The van der Waals surface area contributed by atoms with Gasteiger partial charge >= 0.3 is 0 Å². The smallest absolute Gasteiger partial charge is 0.269 e. The predicted molar refractivity (Wildman–Crippen MR) is 105 cm³/mol. The number of amides is 2. The number of carbonyl (C=O) groups excluding carboxylic acids is 2. The summed E-state index contributed by atoms with van der Waals surface area (Å²) in [6, 6.07) is 14.1. The van der Waals surface area contributed by atoms with E-state index >= 15 is 0 Å². The van der Waals surface area contributed by atoms with Gasteiger partial charge in [-0.05, 0) is 41.5 Å². The normalized spacial score (nSPS) is 9.74. The van der Waals surface area contributed by atoms with E-state index in [1.165, 1.54) is 6.08 Å². The number of anilines is 2. The van der Waals surface area contributed by atoms with Gasteiger partial charge in [-0.2, -0.15) is 5.26 Å². The van der Waals surface area contributed by atoms with Crippen LogP contribution in [0.4, 0.5) is 11.4 Å². The lowest BCUT2D eigenvalue weighted by molar-refractivity contribution is -0.114. The summed E-state index contributed by atoms with van der Waals surface area (Å²) in [6.07, 6.45) is 1.35. The highest BCUT2D eigenvalue weighted by atomic mass is 16.2.